The molecule has 1 saturated heterocycles. The Labute approximate surface area is 147 Å². The van der Waals surface area contributed by atoms with E-state index >= 15 is 0 Å². The summed E-state index contributed by atoms with van der Waals surface area (Å²) in [5.74, 6) is 0.810. The van der Waals surface area contributed by atoms with Crippen molar-refractivity contribution in [2.45, 2.75) is 25.9 Å². The summed E-state index contributed by atoms with van der Waals surface area (Å²) < 4.78 is 29.0. The van der Waals surface area contributed by atoms with Gasteiger partial charge in [-0.15, -0.1) is 0 Å². The average Bonchev–Trinajstić information content (AvgIpc) is 3.18. The highest BCUT2D eigenvalue weighted by Gasteiger charge is 2.33. The van der Waals surface area contributed by atoms with Crippen LogP contribution < -0.4 is 5.32 Å². The molecule has 1 aromatic carbocycles. The van der Waals surface area contributed by atoms with E-state index in [1.54, 1.807) is 12.3 Å². The number of furan rings is 1. The number of hydrogen-bond acceptors (Lipinski definition) is 5. The molecule has 1 aliphatic heterocycles. The number of rotatable bonds is 6. The smallest absolute Gasteiger partial charge is 0.238 e. The van der Waals surface area contributed by atoms with Crippen molar-refractivity contribution in [1.29, 1.82) is 0 Å². The number of amides is 1. The summed E-state index contributed by atoms with van der Waals surface area (Å²) in [5, 5.41) is 2.86. The molecule has 0 bridgehead atoms. The molecule has 0 radical (unpaired) electrons. The summed E-state index contributed by atoms with van der Waals surface area (Å²) in [6, 6.07) is 11.0. The predicted molar refractivity (Wildman–Crippen MR) is 96.0 cm³/mol. The minimum absolute atomic E-state index is 0.0888. The Kier molecular flexibility index (Phi) is 5.24. The van der Waals surface area contributed by atoms with Crippen LogP contribution in [0.1, 0.15) is 17.7 Å². The molecule has 0 saturated carbocycles. The molecule has 134 valence electrons. The van der Waals surface area contributed by atoms with Gasteiger partial charge in [0.15, 0.2) is 9.84 Å². The summed E-state index contributed by atoms with van der Waals surface area (Å²) in [6.45, 7) is 2.51. The van der Waals surface area contributed by atoms with Crippen LogP contribution in [0, 0.1) is 6.92 Å². The predicted octanol–water partition coefficient (Wildman–Crippen LogP) is 2.22. The Balaban J connectivity index is 1.68. The van der Waals surface area contributed by atoms with Crippen molar-refractivity contribution in [1.82, 2.24) is 4.90 Å². The Morgan fingerprint density at radius 1 is 1.28 bits per heavy atom. The first kappa shape index (κ1) is 17.7. The maximum Gasteiger partial charge on any atom is 0.238 e. The van der Waals surface area contributed by atoms with E-state index in [0.29, 0.717) is 18.7 Å². The largest absolute Gasteiger partial charge is 0.468 e. The Morgan fingerprint density at radius 3 is 2.64 bits per heavy atom. The summed E-state index contributed by atoms with van der Waals surface area (Å²) in [7, 11) is -3.02. The molecule has 0 aliphatic carbocycles. The van der Waals surface area contributed by atoms with Crippen LogP contribution in [0.5, 0.6) is 0 Å². The molecular formula is C18H22N2O4S. The normalized spacial score (nSPS) is 19.2. The zero-order valence-electron chi connectivity index (χ0n) is 14.1. The van der Waals surface area contributed by atoms with Crippen molar-refractivity contribution in [3.05, 3.63) is 54.0 Å². The second-order valence-corrected chi connectivity index (χ2v) is 8.68. The van der Waals surface area contributed by atoms with Crippen LogP contribution in [-0.2, 0) is 21.2 Å². The quantitative estimate of drug-likeness (QED) is 0.852. The standard InChI is InChI=1S/C18H22N2O4S/c1-14-4-6-15(7-5-14)19-18(21)12-20(11-17-3-2-9-24-17)16-8-10-25(22,23)13-16/h2-7,9,16H,8,10-13H2,1H3,(H,19,21)/t16-/m1/s1. The molecule has 25 heavy (non-hydrogen) atoms. The molecule has 6 nitrogen and oxygen atoms in total. The number of benzene rings is 1. The van der Waals surface area contributed by atoms with Gasteiger partial charge >= 0.3 is 0 Å². The van der Waals surface area contributed by atoms with Gasteiger partial charge in [0.25, 0.3) is 0 Å². The molecule has 0 spiro atoms. The second-order valence-electron chi connectivity index (χ2n) is 6.46. The van der Waals surface area contributed by atoms with Crippen LogP contribution in [0.3, 0.4) is 0 Å². The first-order chi connectivity index (χ1) is 11.9. The summed E-state index contributed by atoms with van der Waals surface area (Å²) in [4.78, 5) is 14.3. The number of aryl methyl sites for hydroxylation is 1. The first-order valence-corrected chi connectivity index (χ1v) is 10.1. The van der Waals surface area contributed by atoms with Crippen molar-refractivity contribution < 1.29 is 17.6 Å². The van der Waals surface area contributed by atoms with Gasteiger partial charge in [-0.05, 0) is 37.6 Å². The molecule has 3 rings (SSSR count). The van der Waals surface area contributed by atoms with Crippen molar-refractivity contribution in [2.24, 2.45) is 0 Å². The molecule has 1 amide bonds. The van der Waals surface area contributed by atoms with Crippen LogP contribution in [0.4, 0.5) is 5.69 Å². The van der Waals surface area contributed by atoms with E-state index in [0.717, 1.165) is 11.3 Å². The van der Waals surface area contributed by atoms with Gasteiger partial charge in [-0.25, -0.2) is 8.42 Å². The lowest BCUT2D eigenvalue weighted by molar-refractivity contribution is -0.118. The van der Waals surface area contributed by atoms with Crippen molar-refractivity contribution in [3.63, 3.8) is 0 Å². The number of anilines is 1. The minimum Gasteiger partial charge on any atom is -0.468 e. The van der Waals surface area contributed by atoms with Gasteiger partial charge in [-0.1, -0.05) is 17.7 Å². The van der Waals surface area contributed by atoms with Gasteiger partial charge in [-0.3, -0.25) is 9.69 Å². The maximum atomic E-state index is 12.4. The molecule has 1 aromatic heterocycles. The fraction of sp³-hybridized carbons (Fsp3) is 0.389. The van der Waals surface area contributed by atoms with Crippen molar-refractivity contribution in [2.75, 3.05) is 23.4 Å². The van der Waals surface area contributed by atoms with Crippen LogP contribution in [-0.4, -0.2) is 43.3 Å². The molecular weight excluding hydrogens is 340 g/mol. The van der Waals surface area contributed by atoms with E-state index in [-0.39, 0.29) is 30.0 Å². The Hall–Kier alpha value is -2.12. The third kappa shape index (κ3) is 4.93. The van der Waals surface area contributed by atoms with Crippen LogP contribution in [0.2, 0.25) is 0 Å². The molecule has 1 atom stereocenters. The van der Waals surface area contributed by atoms with Gasteiger partial charge in [0.05, 0.1) is 30.9 Å². The summed E-state index contributed by atoms with van der Waals surface area (Å²) in [5.41, 5.74) is 1.85. The molecule has 2 heterocycles. The fourth-order valence-corrected chi connectivity index (χ4v) is 4.76. The monoisotopic (exact) mass is 362 g/mol. The number of carbonyl (C=O) groups excluding carboxylic acids is 1. The van der Waals surface area contributed by atoms with Crippen LogP contribution in [0.15, 0.2) is 47.1 Å². The summed E-state index contributed by atoms with van der Waals surface area (Å²) in [6.07, 6.45) is 2.12. The second kappa shape index (κ2) is 7.41. The lowest BCUT2D eigenvalue weighted by Crippen LogP contribution is -2.41. The molecule has 2 aromatic rings. The highest BCUT2D eigenvalue weighted by atomic mass is 32.2. The fourth-order valence-electron chi connectivity index (χ4n) is 3.00. The van der Waals surface area contributed by atoms with E-state index in [1.807, 2.05) is 42.2 Å². The van der Waals surface area contributed by atoms with Gasteiger partial charge in [-0.2, -0.15) is 0 Å². The Morgan fingerprint density at radius 2 is 2.04 bits per heavy atom. The minimum atomic E-state index is -3.02. The average molecular weight is 362 g/mol. The Bertz CT molecular complexity index is 813. The summed E-state index contributed by atoms with van der Waals surface area (Å²) >= 11 is 0. The zero-order valence-corrected chi connectivity index (χ0v) is 15.0. The van der Waals surface area contributed by atoms with E-state index in [4.69, 9.17) is 4.42 Å². The number of sulfone groups is 1. The molecule has 1 fully saturated rings. The van der Waals surface area contributed by atoms with Crippen LogP contribution in [0.25, 0.3) is 0 Å². The van der Waals surface area contributed by atoms with Crippen LogP contribution >= 0.6 is 0 Å². The highest BCUT2D eigenvalue weighted by molar-refractivity contribution is 7.91. The molecule has 0 unspecified atom stereocenters. The van der Waals surface area contributed by atoms with Gasteiger partial charge in [0, 0.05) is 11.7 Å². The SMILES string of the molecule is Cc1ccc(NC(=O)CN(Cc2ccco2)[C@@H]2CCS(=O)(=O)C2)cc1. The van der Waals surface area contributed by atoms with E-state index in [2.05, 4.69) is 5.32 Å². The topological polar surface area (TPSA) is 79.6 Å². The lowest BCUT2D eigenvalue weighted by Gasteiger charge is -2.26. The third-order valence-electron chi connectivity index (χ3n) is 4.35. The number of nitrogens with one attached hydrogen (secondary N) is 1. The van der Waals surface area contributed by atoms with Crippen molar-refractivity contribution in [3.8, 4) is 0 Å². The number of nitrogens with zero attached hydrogens (tertiary/aromatic N) is 1. The van der Waals surface area contributed by atoms with Gasteiger partial charge < -0.3 is 9.73 Å². The van der Waals surface area contributed by atoms with E-state index in [9.17, 15) is 13.2 Å². The molecule has 1 N–H and O–H groups in total. The zero-order chi connectivity index (χ0) is 17.9. The highest BCUT2D eigenvalue weighted by Crippen LogP contribution is 2.20. The van der Waals surface area contributed by atoms with Gasteiger partial charge in [0.1, 0.15) is 5.76 Å². The third-order valence-corrected chi connectivity index (χ3v) is 6.10. The van der Waals surface area contributed by atoms with Gasteiger partial charge in [0.2, 0.25) is 5.91 Å². The van der Waals surface area contributed by atoms with E-state index < -0.39 is 9.84 Å². The molecule has 7 heteroatoms. The lowest BCUT2D eigenvalue weighted by atomic mass is 10.2. The maximum absolute atomic E-state index is 12.4. The van der Waals surface area contributed by atoms with E-state index in [1.165, 1.54) is 0 Å². The van der Waals surface area contributed by atoms with Crippen molar-refractivity contribution >= 4 is 21.4 Å². The number of carbonyl (C=O) groups is 1. The number of hydrogen-bond donors (Lipinski definition) is 1. The molecule has 1 aliphatic rings. The first-order valence-electron chi connectivity index (χ1n) is 8.25.